The Bertz CT molecular complexity index is 714. The zero-order chi connectivity index (χ0) is 14.8. The average Bonchev–Trinajstić information content (AvgIpc) is 2.77. The maximum Gasteiger partial charge on any atom is 0.288 e. The lowest BCUT2D eigenvalue weighted by molar-refractivity contribution is -0.110. The Morgan fingerprint density at radius 3 is 2.48 bits per heavy atom. The van der Waals surface area contributed by atoms with E-state index < -0.39 is 5.76 Å². The second kappa shape index (κ2) is 5.65. The average molecular weight is 304 g/mol. The molecular formula is C15H10F2N2OS. The van der Waals surface area contributed by atoms with Crippen molar-refractivity contribution in [2.45, 2.75) is 10.7 Å². The maximum atomic E-state index is 12.2. The molecule has 0 saturated carbocycles. The fourth-order valence-electron chi connectivity index (χ4n) is 2.04. The molecule has 1 aliphatic heterocycles. The number of hydrogen-bond donors (Lipinski definition) is 1. The van der Waals surface area contributed by atoms with Crippen molar-refractivity contribution in [3.8, 4) is 0 Å². The standard InChI is InChI=1S/C15H10F2N2OS/c16-15(17)21-10-7-5-9(6-8-10)18-13-11-3-1-2-4-12(11)19-14(13)20/h1-8,15H,(H,18,19,20). The van der Waals surface area contributed by atoms with E-state index in [1.807, 2.05) is 18.2 Å². The fraction of sp³-hybridized carbons (Fsp3) is 0.0667. The number of nitrogens with zero attached hydrogens (tertiary/aromatic N) is 1. The van der Waals surface area contributed by atoms with Crippen molar-refractivity contribution < 1.29 is 13.6 Å². The summed E-state index contributed by atoms with van der Waals surface area (Å²) in [5.41, 5.74) is 2.36. The Hall–Kier alpha value is -2.21. The van der Waals surface area contributed by atoms with E-state index in [1.165, 1.54) is 0 Å². The molecule has 0 atom stereocenters. The minimum atomic E-state index is -2.45. The van der Waals surface area contributed by atoms with Gasteiger partial charge in [0.15, 0.2) is 0 Å². The second-order valence-electron chi connectivity index (χ2n) is 4.33. The van der Waals surface area contributed by atoms with Crippen LogP contribution in [-0.4, -0.2) is 17.4 Å². The number of hydrogen-bond acceptors (Lipinski definition) is 3. The lowest BCUT2D eigenvalue weighted by Crippen LogP contribution is -2.13. The molecule has 0 aliphatic carbocycles. The quantitative estimate of drug-likeness (QED) is 0.868. The van der Waals surface area contributed by atoms with E-state index in [9.17, 15) is 13.6 Å². The van der Waals surface area contributed by atoms with Crippen LogP contribution in [0.25, 0.3) is 0 Å². The first kappa shape index (κ1) is 13.8. The van der Waals surface area contributed by atoms with Crippen LogP contribution < -0.4 is 5.32 Å². The molecule has 1 aliphatic rings. The molecule has 0 spiro atoms. The van der Waals surface area contributed by atoms with Gasteiger partial charge in [-0.15, -0.1) is 0 Å². The summed E-state index contributed by atoms with van der Waals surface area (Å²) in [7, 11) is 0. The first-order chi connectivity index (χ1) is 10.1. The van der Waals surface area contributed by atoms with E-state index in [0.717, 1.165) is 11.3 Å². The van der Waals surface area contributed by atoms with Crippen molar-refractivity contribution in [3.05, 3.63) is 54.1 Å². The molecular weight excluding hydrogens is 294 g/mol. The monoisotopic (exact) mass is 304 g/mol. The normalized spacial score (nSPS) is 15.4. The molecule has 106 valence electrons. The van der Waals surface area contributed by atoms with Crippen LogP contribution >= 0.6 is 11.8 Å². The summed E-state index contributed by atoms with van der Waals surface area (Å²) in [6, 6.07) is 13.6. The van der Waals surface area contributed by atoms with Gasteiger partial charge in [-0.05, 0) is 30.3 Å². The number of carbonyl (C=O) groups is 1. The highest BCUT2D eigenvalue weighted by molar-refractivity contribution is 7.99. The van der Waals surface area contributed by atoms with Crippen LogP contribution in [0.1, 0.15) is 5.56 Å². The van der Waals surface area contributed by atoms with Crippen molar-refractivity contribution in [1.82, 2.24) is 0 Å². The van der Waals surface area contributed by atoms with Gasteiger partial charge in [-0.2, -0.15) is 8.78 Å². The van der Waals surface area contributed by atoms with Gasteiger partial charge in [0.25, 0.3) is 11.7 Å². The molecule has 21 heavy (non-hydrogen) atoms. The van der Waals surface area contributed by atoms with Gasteiger partial charge in [-0.3, -0.25) is 4.79 Å². The summed E-state index contributed by atoms with van der Waals surface area (Å²) in [6.07, 6.45) is 0. The molecule has 3 rings (SSSR count). The topological polar surface area (TPSA) is 41.5 Å². The molecule has 1 heterocycles. The number of benzene rings is 2. The van der Waals surface area contributed by atoms with Gasteiger partial charge in [0.05, 0.1) is 11.4 Å². The lowest BCUT2D eigenvalue weighted by atomic mass is 10.1. The third-order valence-electron chi connectivity index (χ3n) is 2.95. The van der Waals surface area contributed by atoms with E-state index in [0.29, 0.717) is 28.1 Å². The van der Waals surface area contributed by atoms with E-state index in [1.54, 1.807) is 30.3 Å². The number of amides is 1. The molecule has 0 bridgehead atoms. The zero-order valence-corrected chi connectivity index (χ0v) is 11.5. The lowest BCUT2D eigenvalue weighted by Gasteiger charge is -2.01. The first-order valence-corrected chi connectivity index (χ1v) is 7.06. The Balaban J connectivity index is 1.90. The summed E-state index contributed by atoms with van der Waals surface area (Å²) in [6.45, 7) is 0. The highest BCUT2D eigenvalue weighted by Gasteiger charge is 2.25. The Kier molecular flexibility index (Phi) is 3.70. The molecule has 3 nitrogen and oxygen atoms in total. The largest absolute Gasteiger partial charge is 0.320 e. The number of halogens is 2. The Morgan fingerprint density at radius 2 is 1.76 bits per heavy atom. The number of para-hydroxylation sites is 1. The van der Waals surface area contributed by atoms with Gasteiger partial charge in [-0.25, -0.2) is 4.99 Å². The number of nitrogens with one attached hydrogen (secondary N) is 1. The smallest absolute Gasteiger partial charge is 0.288 e. The van der Waals surface area contributed by atoms with E-state index >= 15 is 0 Å². The minimum Gasteiger partial charge on any atom is -0.320 e. The number of fused-ring (bicyclic) bond motifs is 1. The number of carbonyl (C=O) groups excluding carboxylic acids is 1. The molecule has 6 heteroatoms. The third-order valence-corrected chi connectivity index (χ3v) is 3.67. The molecule has 0 saturated heterocycles. The third kappa shape index (κ3) is 2.95. The maximum absolute atomic E-state index is 12.2. The number of anilines is 1. The van der Waals surface area contributed by atoms with Crippen LogP contribution in [-0.2, 0) is 4.79 Å². The van der Waals surface area contributed by atoms with Crippen molar-refractivity contribution in [2.24, 2.45) is 4.99 Å². The van der Waals surface area contributed by atoms with Crippen LogP contribution in [0.4, 0.5) is 20.2 Å². The summed E-state index contributed by atoms with van der Waals surface area (Å²) >= 11 is 0.478. The molecule has 2 aromatic carbocycles. The van der Waals surface area contributed by atoms with Crippen molar-refractivity contribution in [3.63, 3.8) is 0 Å². The number of alkyl halides is 2. The summed E-state index contributed by atoms with van der Waals surface area (Å²) in [5, 5.41) is 2.73. The summed E-state index contributed by atoms with van der Waals surface area (Å²) in [4.78, 5) is 16.7. The van der Waals surface area contributed by atoms with Gasteiger partial charge in [0.2, 0.25) is 0 Å². The van der Waals surface area contributed by atoms with Crippen LogP contribution in [0, 0.1) is 0 Å². The first-order valence-electron chi connectivity index (χ1n) is 6.18. The number of rotatable bonds is 3. The van der Waals surface area contributed by atoms with Gasteiger partial charge in [0, 0.05) is 10.5 Å². The highest BCUT2D eigenvalue weighted by Crippen LogP contribution is 2.29. The molecule has 0 unspecified atom stereocenters. The Morgan fingerprint density at radius 1 is 1.05 bits per heavy atom. The molecule has 0 radical (unpaired) electrons. The van der Waals surface area contributed by atoms with Crippen LogP contribution in [0.15, 0.2) is 58.4 Å². The van der Waals surface area contributed by atoms with Gasteiger partial charge < -0.3 is 5.32 Å². The molecule has 0 fully saturated rings. The Labute approximate surface area is 124 Å². The summed E-state index contributed by atoms with van der Waals surface area (Å²) in [5.74, 6) is -2.71. The number of thioether (sulfide) groups is 1. The van der Waals surface area contributed by atoms with Crippen LogP contribution in [0.2, 0.25) is 0 Å². The van der Waals surface area contributed by atoms with Crippen molar-refractivity contribution >= 4 is 34.8 Å². The predicted molar refractivity (Wildman–Crippen MR) is 79.6 cm³/mol. The molecule has 2 aromatic rings. The molecule has 1 N–H and O–H groups in total. The SMILES string of the molecule is O=C1Nc2ccccc2C1=Nc1ccc(SC(F)F)cc1. The van der Waals surface area contributed by atoms with E-state index in [-0.39, 0.29) is 5.91 Å². The van der Waals surface area contributed by atoms with E-state index in [4.69, 9.17) is 0 Å². The van der Waals surface area contributed by atoms with Crippen LogP contribution in [0.3, 0.4) is 0 Å². The van der Waals surface area contributed by atoms with Crippen LogP contribution in [0.5, 0.6) is 0 Å². The summed E-state index contributed by atoms with van der Waals surface area (Å²) < 4.78 is 24.5. The molecule has 1 amide bonds. The molecule has 0 aromatic heterocycles. The van der Waals surface area contributed by atoms with Crippen molar-refractivity contribution in [1.29, 1.82) is 0 Å². The van der Waals surface area contributed by atoms with Crippen molar-refractivity contribution in [2.75, 3.05) is 5.32 Å². The number of aliphatic imine (C=N–C) groups is 1. The fourth-order valence-corrected chi connectivity index (χ4v) is 2.54. The highest BCUT2D eigenvalue weighted by atomic mass is 32.2. The zero-order valence-electron chi connectivity index (χ0n) is 10.7. The van der Waals surface area contributed by atoms with Gasteiger partial charge in [0.1, 0.15) is 5.71 Å². The van der Waals surface area contributed by atoms with Gasteiger partial charge in [-0.1, -0.05) is 30.0 Å². The predicted octanol–water partition coefficient (Wildman–Crippen LogP) is 4.07. The van der Waals surface area contributed by atoms with E-state index in [2.05, 4.69) is 10.3 Å². The minimum absolute atomic E-state index is 0.262. The van der Waals surface area contributed by atoms with Gasteiger partial charge >= 0.3 is 0 Å². The second-order valence-corrected chi connectivity index (χ2v) is 5.40.